The van der Waals surface area contributed by atoms with Gasteiger partial charge in [0.25, 0.3) is 0 Å². The van der Waals surface area contributed by atoms with Gasteiger partial charge in [-0.15, -0.1) is 0 Å². The van der Waals surface area contributed by atoms with Crippen molar-refractivity contribution in [1.82, 2.24) is 0 Å². The molecule has 6 heteroatoms. The van der Waals surface area contributed by atoms with E-state index in [-0.39, 0.29) is 22.6 Å². The zero-order chi connectivity index (χ0) is 15.6. The number of hydrogen-bond donors (Lipinski definition) is 1. The molecule has 0 saturated heterocycles. The summed E-state index contributed by atoms with van der Waals surface area (Å²) in [5, 5.41) is 9.21. The van der Waals surface area contributed by atoms with Crippen molar-refractivity contribution in [3.8, 4) is 22.6 Å². The van der Waals surface area contributed by atoms with Crippen LogP contribution in [0.4, 0.5) is 8.78 Å². The molecule has 1 N–H and O–H groups in total. The predicted molar refractivity (Wildman–Crippen MR) is 71.9 cm³/mol. The summed E-state index contributed by atoms with van der Waals surface area (Å²) in [6.45, 7) is 0. The van der Waals surface area contributed by atoms with Gasteiger partial charge in [-0.05, 0) is 35.4 Å². The van der Waals surface area contributed by atoms with Gasteiger partial charge in [-0.25, -0.2) is 13.6 Å². The van der Waals surface area contributed by atoms with Crippen molar-refractivity contribution in [3.63, 3.8) is 0 Å². The molecular formula is C15H12F2O4. The first kappa shape index (κ1) is 14.8. The molecule has 2 aromatic rings. The van der Waals surface area contributed by atoms with Crippen molar-refractivity contribution in [2.45, 2.75) is 0 Å². The van der Waals surface area contributed by atoms with Gasteiger partial charge >= 0.3 is 5.97 Å². The Morgan fingerprint density at radius 2 is 1.52 bits per heavy atom. The van der Waals surface area contributed by atoms with E-state index >= 15 is 0 Å². The van der Waals surface area contributed by atoms with E-state index in [1.165, 1.54) is 26.4 Å². The fourth-order valence-electron chi connectivity index (χ4n) is 2.01. The predicted octanol–water partition coefficient (Wildman–Crippen LogP) is 3.35. The van der Waals surface area contributed by atoms with Crippen molar-refractivity contribution >= 4 is 5.97 Å². The molecule has 0 fully saturated rings. The van der Waals surface area contributed by atoms with E-state index < -0.39 is 17.6 Å². The largest absolute Gasteiger partial charge is 0.493 e. The standard InChI is InChI=1S/C15H12F2O4/c1-20-13-6-9(5-12(15(18)19)14(13)21-2)8-3-10(16)7-11(17)4-8/h3-7H,1-2H3,(H,18,19). The van der Waals surface area contributed by atoms with Crippen LogP contribution in [0.15, 0.2) is 30.3 Å². The van der Waals surface area contributed by atoms with Crippen molar-refractivity contribution < 1.29 is 28.2 Å². The Morgan fingerprint density at radius 1 is 0.952 bits per heavy atom. The summed E-state index contributed by atoms with van der Waals surface area (Å²) in [7, 11) is 2.66. The van der Waals surface area contributed by atoms with Gasteiger partial charge in [-0.1, -0.05) is 0 Å². The third-order valence-corrected chi connectivity index (χ3v) is 2.91. The Morgan fingerprint density at radius 3 is 2.00 bits per heavy atom. The fourth-order valence-corrected chi connectivity index (χ4v) is 2.01. The maximum Gasteiger partial charge on any atom is 0.339 e. The van der Waals surface area contributed by atoms with E-state index in [1.807, 2.05) is 0 Å². The maximum absolute atomic E-state index is 13.3. The van der Waals surface area contributed by atoms with Gasteiger partial charge in [0.1, 0.15) is 17.2 Å². The van der Waals surface area contributed by atoms with Crippen molar-refractivity contribution in [1.29, 1.82) is 0 Å². The first-order chi connectivity index (χ1) is 9.96. The molecular weight excluding hydrogens is 282 g/mol. The molecule has 2 aromatic carbocycles. The average molecular weight is 294 g/mol. The smallest absolute Gasteiger partial charge is 0.339 e. The summed E-state index contributed by atoms with van der Waals surface area (Å²) in [6.07, 6.45) is 0. The first-order valence-electron chi connectivity index (χ1n) is 5.92. The lowest BCUT2D eigenvalue weighted by molar-refractivity contribution is 0.0692. The van der Waals surface area contributed by atoms with Crippen LogP contribution in [0, 0.1) is 11.6 Å². The molecule has 0 aliphatic heterocycles. The number of ether oxygens (including phenoxy) is 2. The summed E-state index contributed by atoms with van der Waals surface area (Å²) in [4.78, 5) is 11.3. The van der Waals surface area contributed by atoms with Gasteiger partial charge in [0.2, 0.25) is 0 Å². The number of rotatable bonds is 4. The number of carbonyl (C=O) groups is 1. The second-order valence-corrected chi connectivity index (χ2v) is 4.22. The molecule has 0 radical (unpaired) electrons. The third kappa shape index (κ3) is 2.94. The molecule has 110 valence electrons. The van der Waals surface area contributed by atoms with Crippen LogP contribution < -0.4 is 9.47 Å². The molecule has 4 nitrogen and oxygen atoms in total. The molecule has 0 aromatic heterocycles. The van der Waals surface area contributed by atoms with Crippen molar-refractivity contribution in [2.24, 2.45) is 0 Å². The number of carboxylic acid groups (broad SMARTS) is 1. The first-order valence-corrected chi connectivity index (χ1v) is 5.92. The molecule has 0 atom stereocenters. The molecule has 0 aliphatic carbocycles. The minimum atomic E-state index is -1.23. The number of aromatic carboxylic acids is 1. The molecule has 0 amide bonds. The van der Waals surface area contributed by atoms with Crippen LogP contribution in [0.1, 0.15) is 10.4 Å². The van der Waals surface area contributed by atoms with Crippen LogP contribution in [-0.4, -0.2) is 25.3 Å². The highest BCUT2D eigenvalue weighted by molar-refractivity contribution is 5.94. The van der Waals surface area contributed by atoms with E-state index in [0.29, 0.717) is 5.56 Å². The highest BCUT2D eigenvalue weighted by Gasteiger charge is 2.18. The van der Waals surface area contributed by atoms with Crippen LogP contribution in [0.25, 0.3) is 11.1 Å². The Hall–Kier alpha value is -2.63. The third-order valence-electron chi connectivity index (χ3n) is 2.91. The number of carboxylic acids is 1. The normalized spacial score (nSPS) is 10.3. The van der Waals surface area contributed by atoms with Crippen LogP contribution >= 0.6 is 0 Å². The average Bonchev–Trinajstić information content (AvgIpc) is 2.44. The highest BCUT2D eigenvalue weighted by atomic mass is 19.1. The van der Waals surface area contributed by atoms with Gasteiger partial charge in [-0.3, -0.25) is 0 Å². The molecule has 0 heterocycles. The van der Waals surface area contributed by atoms with Crippen LogP contribution in [0.5, 0.6) is 11.5 Å². The van der Waals surface area contributed by atoms with E-state index in [0.717, 1.165) is 18.2 Å². The summed E-state index contributed by atoms with van der Waals surface area (Å²) >= 11 is 0. The van der Waals surface area contributed by atoms with E-state index in [4.69, 9.17) is 9.47 Å². The molecule has 0 saturated carbocycles. The lowest BCUT2D eigenvalue weighted by Crippen LogP contribution is -2.03. The van der Waals surface area contributed by atoms with Crippen molar-refractivity contribution in [3.05, 3.63) is 47.5 Å². The van der Waals surface area contributed by atoms with E-state index in [9.17, 15) is 18.7 Å². The van der Waals surface area contributed by atoms with Crippen LogP contribution in [0.3, 0.4) is 0 Å². The molecule has 0 unspecified atom stereocenters. The molecule has 0 aliphatic rings. The summed E-state index contributed by atoms with van der Waals surface area (Å²) in [5.41, 5.74) is 0.357. The van der Waals surface area contributed by atoms with Gasteiger partial charge in [0.05, 0.1) is 14.2 Å². The molecule has 2 rings (SSSR count). The van der Waals surface area contributed by atoms with E-state index in [2.05, 4.69) is 0 Å². The highest BCUT2D eigenvalue weighted by Crippen LogP contribution is 2.36. The number of benzene rings is 2. The van der Waals surface area contributed by atoms with Gasteiger partial charge in [0, 0.05) is 6.07 Å². The van der Waals surface area contributed by atoms with Gasteiger partial charge in [0.15, 0.2) is 11.5 Å². The summed E-state index contributed by atoms with van der Waals surface area (Å²) in [6, 6.07) is 5.69. The molecule has 0 spiro atoms. The fraction of sp³-hybridized carbons (Fsp3) is 0.133. The van der Waals surface area contributed by atoms with Crippen molar-refractivity contribution in [2.75, 3.05) is 14.2 Å². The Labute approximate surface area is 119 Å². The minimum Gasteiger partial charge on any atom is -0.493 e. The van der Waals surface area contributed by atoms with Crippen LogP contribution in [0.2, 0.25) is 0 Å². The monoisotopic (exact) mass is 294 g/mol. The maximum atomic E-state index is 13.3. The zero-order valence-corrected chi connectivity index (χ0v) is 11.3. The second kappa shape index (κ2) is 5.78. The van der Waals surface area contributed by atoms with Gasteiger partial charge < -0.3 is 14.6 Å². The minimum absolute atomic E-state index is 0.0469. The lowest BCUT2D eigenvalue weighted by Gasteiger charge is -2.13. The second-order valence-electron chi connectivity index (χ2n) is 4.22. The lowest BCUT2D eigenvalue weighted by atomic mass is 10.0. The Balaban J connectivity index is 2.69. The number of hydrogen-bond acceptors (Lipinski definition) is 3. The zero-order valence-electron chi connectivity index (χ0n) is 11.3. The topological polar surface area (TPSA) is 55.8 Å². The summed E-state index contributed by atoms with van der Waals surface area (Å²) in [5.74, 6) is -2.53. The number of halogens is 2. The summed E-state index contributed by atoms with van der Waals surface area (Å²) < 4.78 is 36.7. The van der Waals surface area contributed by atoms with Crippen LogP contribution in [-0.2, 0) is 0 Å². The quantitative estimate of drug-likeness (QED) is 0.939. The SMILES string of the molecule is COc1cc(-c2cc(F)cc(F)c2)cc(C(=O)O)c1OC. The van der Waals surface area contributed by atoms with E-state index in [1.54, 1.807) is 0 Å². The Bertz CT molecular complexity index is 678. The molecule has 21 heavy (non-hydrogen) atoms. The Kier molecular flexibility index (Phi) is 4.07. The molecule has 0 bridgehead atoms. The van der Waals surface area contributed by atoms with Gasteiger partial charge in [-0.2, -0.15) is 0 Å². The number of methoxy groups -OCH3 is 2.